The summed E-state index contributed by atoms with van der Waals surface area (Å²) in [7, 11) is 0. The zero-order valence-corrected chi connectivity index (χ0v) is 10.8. The van der Waals surface area contributed by atoms with Gasteiger partial charge in [0.25, 0.3) is 0 Å². The third kappa shape index (κ3) is 3.98. The van der Waals surface area contributed by atoms with Crippen LogP contribution in [-0.2, 0) is 4.79 Å². The molecule has 0 bridgehead atoms. The fourth-order valence-electron chi connectivity index (χ4n) is 2.17. The van der Waals surface area contributed by atoms with Crippen LogP contribution in [-0.4, -0.2) is 29.2 Å². The van der Waals surface area contributed by atoms with Gasteiger partial charge in [-0.1, -0.05) is 30.3 Å². The summed E-state index contributed by atoms with van der Waals surface area (Å²) in [5.74, 6) is -0.539. The zero-order valence-electron chi connectivity index (χ0n) is 10.8. The van der Waals surface area contributed by atoms with Gasteiger partial charge in [-0.05, 0) is 18.9 Å². The highest BCUT2D eigenvalue weighted by Gasteiger charge is 2.39. The fourth-order valence-corrected chi connectivity index (χ4v) is 2.17. The maximum Gasteiger partial charge on any atom is 0.315 e. The van der Waals surface area contributed by atoms with Gasteiger partial charge in [0, 0.05) is 18.0 Å². The Hall–Kier alpha value is -2.04. The Morgan fingerprint density at radius 2 is 2.05 bits per heavy atom. The molecule has 19 heavy (non-hydrogen) atoms. The van der Waals surface area contributed by atoms with Gasteiger partial charge in [0.15, 0.2) is 0 Å². The summed E-state index contributed by atoms with van der Waals surface area (Å²) in [6, 6.07) is 9.53. The Morgan fingerprint density at radius 1 is 1.37 bits per heavy atom. The first kappa shape index (κ1) is 13.4. The van der Waals surface area contributed by atoms with E-state index in [9.17, 15) is 9.59 Å². The number of urea groups is 1. The quantitative estimate of drug-likeness (QED) is 0.755. The number of rotatable bonds is 5. The summed E-state index contributed by atoms with van der Waals surface area (Å²) in [6.07, 6.45) is 0.866. The molecule has 2 rings (SSSR count). The minimum Gasteiger partial charge on any atom is -0.481 e. The highest BCUT2D eigenvalue weighted by Crippen LogP contribution is 2.40. The minimum absolute atomic E-state index is 0.0692. The van der Waals surface area contributed by atoms with Gasteiger partial charge in [0.1, 0.15) is 0 Å². The molecular weight excluding hydrogens is 244 g/mol. The van der Waals surface area contributed by atoms with Gasteiger partial charge in [-0.15, -0.1) is 0 Å². The Labute approximate surface area is 112 Å². The average molecular weight is 262 g/mol. The van der Waals surface area contributed by atoms with Crippen molar-refractivity contribution in [1.29, 1.82) is 0 Å². The first-order valence-corrected chi connectivity index (χ1v) is 6.40. The highest BCUT2D eigenvalue weighted by molar-refractivity contribution is 5.76. The number of carboxylic acids is 1. The van der Waals surface area contributed by atoms with Crippen LogP contribution in [0.25, 0.3) is 0 Å². The summed E-state index contributed by atoms with van der Waals surface area (Å²) in [5, 5.41) is 14.1. The van der Waals surface area contributed by atoms with E-state index in [4.69, 9.17) is 5.11 Å². The van der Waals surface area contributed by atoms with Crippen LogP contribution in [0.3, 0.4) is 0 Å². The van der Waals surface area contributed by atoms with Crippen LogP contribution in [0, 0.1) is 0 Å². The molecule has 1 aliphatic rings. The van der Waals surface area contributed by atoms with E-state index in [-0.39, 0.29) is 24.5 Å². The smallest absolute Gasteiger partial charge is 0.315 e. The van der Waals surface area contributed by atoms with E-state index in [1.165, 1.54) is 5.56 Å². The normalized spacial score (nSPS) is 22.4. The molecule has 5 heteroatoms. The van der Waals surface area contributed by atoms with Gasteiger partial charge < -0.3 is 15.7 Å². The second-order valence-electron chi connectivity index (χ2n) is 4.98. The molecule has 1 fully saturated rings. The minimum atomic E-state index is -0.915. The van der Waals surface area contributed by atoms with Crippen molar-refractivity contribution in [3.63, 3.8) is 0 Å². The summed E-state index contributed by atoms with van der Waals surface area (Å²) in [6.45, 7) is 1.68. The van der Waals surface area contributed by atoms with Gasteiger partial charge in [-0.2, -0.15) is 0 Å². The Kier molecular flexibility index (Phi) is 4.04. The van der Waals surface area contributed by atoms with Crippen LogP contribution in [0.15, 0.2) is 30.3 Å². The molecule has 0 radical (unpaired) electrons. The molecule has 5 nitrogen and oxygen atoms in total. The molecule has 102 valence electrons. The lowest BCUT2D eigenvalue weighted by Gasteiger charge is -2.12. The number of aliphatic carboxylic acids is 1. The summed E-state index contributed by atoms with van der Waals surface area (Å²) < 4.78 is 0. The first-order chi connectivity index (χ1) is 9.06. The topological polar surface area (TPSA) is 78.4 Å². The van der Waals surface area contributed by atoms with Crippen LogP contribution in [0.1, 0.15) is 31.2 Å². The average Bonchev–Trinajstić information content (AvgIpc) is 3.07. The third-order valence-corrected chi connectivity index (χ3v) is 3.19. The molecule has 1 saturated carbocycles. The van der Waals surface area contributed by atoms with Crippen molar-refractivity contribution in [1.82, 2.24) is 10.6 Å². The van der Waals surface area contributed by atoms with Gasteiger partial charge >= 0.3 is 12.0 Å². The van der Waals surface area contributed by atoms with Gasteiger partial charge in [0.2, 0.25) is 0 Å². The Bertz CT molecular complexity index is 461. The predicted molar refractivity (Wildman–Crippen MR) is 71.0 cm³/mol. The molecule has 0 aromatic heterocycles. The molecule has 1 aromatic carbocycles. The van der Waals surface area contributed by atoms with E-state index in [0.29, 0.717) is 5.92 Å². The number of hydrogen-bond donors (Lipinski definition) is 3. The van der Waals surface area contributed by atoms with Crippen LogP contribution in [0.4, 0.5) is 4.79 Å². The number of hydrogen-bond acceptors (Lipinski definition) is 2. The summed E-state index contributed by atoms with van der Waals surface area (Å²) >= 11 is 0. The molecule has 3 unspecified atom stereocenters. The predicted octanol–water partition coefficient (Wildman–Crippen LogP) is 1.70. The maximum atomic E-state index is 11.6. The lowest BCUT2D eigenvalue weighted by Crippen LogP contribution is -2.42. The number of carboxylic acid groups (broad SMARTS) is 1. The zero-order chi connectivity index (χ0) is 13.8. The standard InChI is InChI=1S/C14H18N2O3/c1-9(7-13(17)18)15-14(19)16-12-8-11(12)10-5-3-2-4-6-10/h2-6,9,11-12H,7-8H2,1H3,(H,17,18)(H2,15,16,19). The number of carbonyl (C=O) groups excluding carboxylic acids is 1. The SMILES string of the molecule is CC(CC(=O)O)NC(=O)NC1CC1c1ccccc1. The van der Waals surface area contributed by atoms with Crippen molar-refractivity contribution < 1.29 is 14.7 Å². The lowest BCUT2D eigenvalue weighted by atomic mass is 10.1. The van der Waals surface area contributed by atoms with Gasteiger partial charge in [-0.3, -0.25) is 4.79 Å². The Balaban J connectivity index is 1.75. The molecule has 1 aromatic rings. The molecule has 0 spiro atoms. The van der Waals surface area contributed by atoms with E-state index < -0.39 is 5.97 Å². The van der Waals surface area contributed by atoms with Crippen molar-refractivity contribution in [3.8, 4) is 0 Å². The molecule has 0 aliphatic heterocycles. The van der Waals surface area contributed by atoms with Crippen molar-refractivity contribution in [2.24, 2.45) is 0 Å². The van der Waals surface area contributed by atoms with Crippen molar-refractivity contribution in [3.05, 3.63) is 35.9 Å². The first-order valence-electron chi connectivity index (χ1n) is 6.40. The molecule has 0 saturated heterocycles. The molecule has 2 amide bonds. The van der Waals surface area contributed by atoms with Gasteiger partial charge in [0.05, 0.1) is 6.42 Å². The Morgan fingerprint density at radius 3 is 2.68 bits per heavy atom. The van der Waals surface area contributed by atoms with Crippen LogP contribution in [0.2, 0.25) is 0 Å². The van der Waals surface area contributed by atoms with Gasteiger partial charge in [-0.25, -0.2) is 4.79 Å². The summed E-state index contributed by atoms with van der Waals surface area (Å²) in [4.78, 5) is 22.1. The largest absolute Gasteiger partial charge is 0.481 e. The second kappa shape index (κ2) is 5.73. The summed E-state index contributed by atoms with van der Waals surface area (Å²) in [5.41, 5.74) is 1.23. The molecule has 3 atom stereocenters. The maximum absolute atomic E-state index is 11.6. The van der Waals surface area contributed by atoms with Crippen LogP contribution < -0.4 is 10.6 Å². The van der Waals surface area contributed by atoms with E-state index in [1.54, 1.807) is 6.92 Å². The van der Waals surface area contributed by atoms with Crippen molar-refractivity contribution in [2.45, 2.75) is 37.8 Å². The molecule has 3 N–H and O–H groups in total. The van der Waals surface area contributed by atoms with Crippen LogP contribution >= 0.6 is 0 Å². The van der Waals surface area contributed by atoms with Crippen molar-refractivity contribution >= 4 is 12.0 Å². The van der Waals surface area contributed by atoms with Crippen molar-refractivity contribution in [2.75, 3.05) is 0 Å². The molecular formula is C14H18N2O3. The fraction of sp³-hybridized carbons (Fsp3) is 0.429. The van der Waals surface area contributed by atoms with E-state index in [0.717, 1.165) is 6.42 Å². The number of amides is 2. The monoisotopic (exact) mass is 262 g/mol. The highest BCUT2D eigenvalue weighted by atomic mass is 16.4. The van der Waals surface area contributed by atoms with E-state index in [1.807, 2.05) is 18.2 Å². The van der Waals surface area contributed by atoms with Crippen LogP contribution in [0.5, 0.6) is 0 Å². The second-order valence-corrected chi connectivity index (χ2v) is 4.98. The lowest BCUT2D eigenvalue weighted by molar-refractivity contribution is -0.137. The third-order valence-electron chi connectivity index (χ3n) is 3.19. The molecule has 0 heterocycles. The van der Waals surface area contributed by atoms with E-state index >= 15 is 0 Å². The molecule has 1 aliphatic carbocycles. The van der Waals surface area contributed by atoms with E-state index in [2.05, 4.69) is 22.8 Å². The number of nitrogens with one attached hydrogen (secondary N) is 2. The number of carbonyl (C=O) groups is 2. The number of benzene rings is 1.